The van der Waals surface area contributed by atoms with Crippen LogP contribution in [-0.4, -0.2) is 5.11 Å². The molecule has 0 bridgehead atoms. The summed E-state index contributed by atoms with van der Waals surface area (Å²) in [5.74, 6) is 1.04. The Morgan fingerprint density at radius 3 is 1.27 bits per heavy atom. The van der Waals surface area contributed by atoms with Crippen LogP contribution in [-0.2, 0) is 34.5 Å². The lowest BCUT2D eigenvalue weighted by molar-refractivity contribution is 0.423. The second-order valence-electron chi connectivity index (χ2n) is 16.6. The van der Waals surface area contributed by atoms with Crippen LogP contribution >= 0.6 is 0 Å². The molecule has 0 aliphatic carbocycles. The van der Waals surface area contributed by atoms with Gasteiger partial charge in [0.05, 0.1) is 0 Å². The second kappa shape index (κ2) is 13.4. The number of hydrogen-bond acceptors (Lipinski definition) is 1. The molecule has 1 atom stereocenters. The Hall–Kier alpha value is -2.28. The van der Waals surface area contributed by atoms with Gasteiger partial charge >= 0.3 is 0 Å². The van der Waals surface area contributed by atoms with Gasteiger partial charge in [0, 0.05) is 0 Å². The first-order valence-corrected chi connectivity index (χ1v) is 15.6. The number of phenols is 1. The van der Waals surface area contributed by atoms with Gasteiger partial charge in [-0.25, -0.2) is 0 Å². The van der Waals surface area contributed by atoms with E-state index in [9.17, 15) is 5.11 Å². The van der Waals surface area contributed by atoms with Crippen molar-refractivity contribution in [1.29, 1.82) is 0 Å². The Labute approximate surface area is 255 Å². The molecule has 41 heavy (non-hydrogen) atoms. The molecule has 2 aromatic carbocycles. The van der Waals surface area contributed by atoms with Crippen molar-refractivity contribution in [3.05, 3.63) is 87.5 Å². The van der Waals surface area contributed by atoms with Crippen molar-refractivity contribution in [2.24, 2.45) is 5.92 Å². The lowest BCUT2D eigenvalue weighted by atomic mass is 9.75. The molecule has 0 aliphatic rings. The zero-order chi connectivity index (χ0) is 32.3. The van der Waals surface area contributed by atoms with E-state index in [2.05, 4.69) is 141 Å². The van der Waals surface area contributed by atoms with Gasteiger partial charge in [-0.2, -0.15) is 0 Å². The summed E-state index contributed by atoms with van der Waals surface area (Å²) in [4.78, 5) is 0. The zero-order valence-corrected chi connectivity index (χ0v) is 29.9. The van der Waals surface area contributed by atoms with Crippen molar-refractivity contribution in [3.8, 4) is 5.75 Å². The topological polar surface area (TPSA) is 20.2 Å². The van der Waals surface area contributed by atoms with Gasteiger partial charge in [-0.05, 0) is 99.6 Å². The number of rotatable bonds is 6. The monoisotopic (exact) mass is 560 g/mol. The molecule has 0 radical (unpaired) electrons. The summed E-state index contributed by atoms with van der Waals surface area (Å²) in [7, 11) is 0. The number of phenolic OH excluding ortho intramolecular Hbond substituents is 1. The molecule has 1 heteroatoms. The van der Waals surface area contributed by atoms with Crippen LogP contribution in [0.3, 0.4) is 0 Å². The Kier molecular flexibility index (Phi) is 12.0. The average molecular weight is 561 g/mol. The van der Waals surface area contributed by atoms with Gasteiger partial charge in [0.2, 0.25) is 0 Å². The van der Waals surface area contributed by atoms with Crippen molar-refractivity contribution in [2.75, 3.05) is 0 Å². The van der Waals surface area contributed by atoms with Crippen LogP contribution in [0, 0.1) is 12.8 Å². The number of allylic oxidation sites excluding steroid dienone is 2. The molecule has 0 aromatic heterocycles. The van der Waals surface area contributed by atoms with E-state index in [4.69, 9.17) is 0 Å². The highest BCUT2D eigenvalue weighted by Crippen LogP contribution is 2.40. The highest BCUT2D eigenvalue weighted by molar-refractivity contribution is 5.50. The van der Waals surface area contributed by atoms with Gasteiger partial charge in [0.15, 0.2) is 0 Å². The SMILES string of the molecule is C=C(C)Cc1cc(C(C)(C)C)c(O)c(C(C)(C)C)c1.C=C(Cc1cc(C(C)(C)C)c(C)c(C(C)(C)C)c1)C(C)CC. The molecule has 0 heterocycles. The molecule has 0 saturated heterocycles. The highest BCUT2D eigenvalue weighted by Gasteiger charge is 2.27. The van der Waals surface area contributed by atoms with E-state index in [1.54, 1.807) is 0 Å². The van der Waals surface area contributed by atoms with E-state index in [1.165, 1.54) is 39.8 Å². The zero-order valence-electron chi connectivity index (χ0n) is 29.9. The second-order valence-corrected chi connectivity index (χ2v) is 16.6. The van der Waals surface area contributed by atoms with Crippen LogP contribution in [0.15, 0.2) is 48.6 Å². The molecule has 0 amide bonds. The largest absolute Gasteiger partial charge is 0.507 e. The number of aromatic hydroxyl groups is 1. The molecule has 0 saturated carbocycles. The maximum absolute atomic E-state index is 10.6. The predicted octanol–water partition coefficient (Wildman–Crippen LogP) is 11.8. The fourth-order valence-corrected chi connectivity index (χ4v) is 5.45. The van der Waals surface area contributed by atoms with Crippen LogP contribution in [0.4, 0.5) is 0 Å². The van der Waals surface area contributed by atoms with Crippen molar-refractivity contribution in [1.82, 2.24) is 0 Å². The molecule has 1 nitrogen and oxygen atoms in total. The Bertz CT molecular complexity index is 1140. The summed E-state index contributed by atoms with van der Waals surface area (Å²) < 4.78 is 0. The fourth-order valence-electron chi connectivity index (χ4n) is 5.45. The van der Waals surface area contributed by atoms with Gasteiger partial charge in [0.1, 0.15) is 5.75 Å². The van der Waals surface area contributed by atoms with E-state index in [1.807, 2.05) is 6.92 Å². The quantitative estimate of drug-likeness (QED) is 0.348. The van der Waals surface area contributed by atoms with Crippen molar-refractivity contribution < 1.29 is 5.11 Å². The normalized spacial score (nSPS) is 13.4. The average Bonchev–Trinajstić information content (AvgIpc) is 2.77. The minimum absolute atomic E-state index is 0.0603. The molecule has 2 rings (SSSR count). The van der Waals surface area contributed by atoms with Gasteiger partial charge < -0.3 is 5.11 Å². The van der Waals surface area contributed by atoms with Gasteiger partial charge in [-0.3, -0.25) is 0 Å². The van der Waals surface area contributed by atoms with Gasteiger partial charge in [-0.15, -0.1) is 0 Å². The van der Waals surface area contributed by atoms with Crippen LogP contribution in [0.2, 0.25) is 0 Å². The minimum atomic E-state index is -0.0603. The van der Waals surface area contributed by atoms with E-state index >= 15 is 0 Å². The molecule has 0 aliphatic heterocycles. The smallest absolute Gasteiger partial charge is 0.123 e. The van der Waals surface area contributed by atoms with Crippen LogP contribution in [0.25, 0.3) is 0 Å². The molecule has 0 fully saturated rings. The van der Waals surface area contributed by atoms with Crippen LogP contribution < -0.4 is 0 Å². The first kappa shape index (κ1) is 36.7. The lowest BCUT2D eigenvalue weighted by Crippen LogP contribution is -2.20. The molecular weight excluding hydrogens is 496 g/mol. The molecule has 0 spiro atoms. The third-order valence-electron chi connectivity index (χ3n) is 8.12. The first-order chi connectivity index (χ1) is 18.3. The number of hydrogen-bond donors (Lipinski definition) is 1. The Morgan fingerprint density at radius 1 is 0.659 bits per heavy atom. The third kappa shape index (κ3) is 10.5. The maximum atomic E-state index is 10.6. The van der Waals surface area contributed by atoms with Gasteiger partial charge in [-0.1, -0.05) is 146 Å². The number of benzene rings is 2. The summed E-state index contributed by atoms with van der Waals surface area (Å²) >= 11 is 0. The van der Waals surface area contributed by atoms with Crippen molar-refractivity contribution in [3.63, 3.8) is 0 Å². The van der Waals surface area contributed by atoms with Crippen LogP contribution in [0.5, 0.6) is 5.75 Å². The summed E-state index contributed by atoms with van der Waals surface area (Å²) in [6.07, 6.45) is 3.04. The summed E-state index contributed by atoms with van der Waals surface area (Å²) in [5, 5.41) is 10.6. The Morgan fingerprint density at radius 2 is 0.976 bits per heavy atom. The molecule has 1 N–H and O–H groups in total. The minimum Gasteiger partial charge on any atom is -0.507 e. The standard InChI is InChI=1S/C22H36.C18H28O/c1-11-15(2)16(3)12-18-13-19(21(5,6)7)17(4)20(14-18)22(8,9)10;1-12(2)9-13-10-14(17(3,4)5)16(19)15(11-13)18(6,7)8/h13-15H,3,11-12H2,1-2,4-10H3;10-11,19H,1,9H2,2-8H3. The predicted molar refractivity (Wildman–Crippen MR) is 185 cm³/mol. The van der Waals surface area contributed by atoms with E-state index in [0.29, 0.717) is 11.7 Å². The van der Waals surface area contributed by atoms with E-state index in [0.717, 1.165) is 29.5 Å². The first-order valence-electron chi connectivity index (χ1n) is 15.6. The molecule has 230 valence electrons. The fraction of sp³-hybridized carbons (Fsp3) is 0.600. The molecular formula is C40H64O. The molecule has 1 unspecified atom stereocenters. The van der Waals surface area contributed by atoms with Crippen molar-refractivity contribution in [2.45, 2.75) is 152 Å². The summed E-state index contributed by atoms with van der Waals surface area (Å²) in [6, 6.07) is 9.08. The highest BCUT2D eigenvalue weighted by atomic mass is 16.3. The maximum Gasteiger partial charge on any atom is 0.123 e. The van der Waals surface area contributed by atoms with Crippen molar-refractivity contribution >= 4 is 0 Å². The van der Waals surface area contributed by atoms with Crippen LogP contribution in [0.1, 0.15) is 149 Å². The molecule has 2 aromatic rings. The van der Waals surface area contributed by atoms with E-state index < -0.39 is 0 Å². The van der Waals surface area contributed by atoms with Gasteiger partial charge in [0.25, 0.3) is 0 Å². The lowest BCUT2D eigenvalue weighted by Gasteiger charge is -2.30. The summed E-state index contributed by atoms with van der Waals surface area (Å²) in [6.45, 7) is 43.9. The summed E-state index contributed by atoms with van der Waals surface area (Å²) in [5.41, 5.74) is 11.9. The Balaban J connectivity index is 0.000000414. The van der Waals surface area contributed by atoms with E-state index in [-0.39, 0.29) is 21.7 Å². The third-order valence-corrected chi connectivity index (χ3v) is 8.12.